The van der Waals surface area contributed by atoms with Gasteiger partial charge in [0, 0.05) is 43.8 Å². The maximum absolute atomic E-state index is 12.9. The van der Waals surface area contributed by atoms with Gasteiger partial charge in [-0.25, -0.2) is 0 Å². The number of allylic oxidation sites excluding steroid dienone is 1. The minimum Gasteiger partial charge on any atom is -0.462 e. The zero-order valence-corrected chi connectivity index (χ0v) is 19.5. The van der Waals surface area contributed by atoms with Gasteiger partial charge in [-0.15, -0.1) is 0 Å². The van der Waals surface area contributed by atoms with E-state index in [-0.39, 0.29) is 23.4 Å². The van der Waals surface area contributed by atoms with Crippen LogP contribution >= 0.6 is 0 Å². The van der Waals surface area contributed by atoms with Crippen molar-refractivity contribution in [2.75, 3.05) is 31.1 Å². The zero-order valence-electron chi connectivity index (χ0n) is 19.5. The Balaban J connectivity index is 1.25. The van der Waals surface area contributed by atoms with Gasteiger partial charge in [0.05, 0.1) is 5.92 Å². The largest absolute Gasteiger partial charge is 0.462 e. The Kier molecular flexibility index (Phi) is 5.40. The Hall–Kier alpha value is -1.81. The second-order valence-electron chi connectivity index (χ2n) is 11.0. The lowest BCUT2D eigenvalue weighted by Gasteiger charge is -2.50. The van der Waals surface area contributed by atoms with Gasteiger partial charge in [0.1, 0.15) is 6.10 Å². The van der Waals surface area contributed by atoms with Gasteiger partial charge in [-0.1, -0.05) is 31.2 Å². The number of benzene rings is 1. The lowest BCUT2D eigenvalue weighted by atomic mass is 9.55. The molecule has 6 atom stereocenters. The molecule has 4 nitrogen and oxygen atoms in total. The molecule has 2 saturated heterocycles. The Morgan fingerprint density at radius 1 is 1.29 bits per heavy atom. The average molecular weight is 423 g/mol. The molecule has 0 N–H and O–H groups in total. The van der Waals surface area contributed by atoms with Gasteiger partial charge < -0.3 is 9.64 Å². The van der Waals surface area contributed by atoms with Gasteiger partial charge in [0.25, 0.3) is 0 Å². The number of hydrogen-bond donors (Lipinski definition) is 0. The third-order valence-corrected chi connectivity index (χ3v) is 8.82. The summed E-state index contributed by atoms with van der Waals surface area (Å²) in [5.41, 5.74) is 4.32. The van der Waals surface area contributed by atoms with E-state index < -0.39 is 0 Å². The van der Waals surface area contributed by atoms with Crippen LogP contribution in [0.4, 0.5) is 5.69 Å². The van der Waals surface area contributed by atoms with E-state index in [0.29, 0.717) is 17.9 Å². The molecule has 0 aromatic heterocycles. The SMILES string of the molecule is C=C1CCC[C@]2(C)C[C@H]3OC(=O)[C@H](CN4CCN(c5cccc(C)c5)[C@H](C)C4)[C@H]3C[C@@H]12. The molecule has 0 unspecified atom stereocenters. The summed E-state index contributed by atoms with van der Waals surface area (Å²) in [5.74, 6) is 1.01. The number of carbonyl (C=O) groups excluding carboxylic acids is 1. The molecule has 4 heteroatoms. The lowest BCUT2D eigenvalue weighted by Crippen LogP contribution is -2.54. The van der Waals surface area contributed by atoms with E-state index in [9.17, 15) is 4.79 Å². The number of piperazine rings is 1. The van der Waals surface area contributed by atoms with Gasteiger partial charge >= 0.3 is 5.97 Å². The highest BCUT2D eigenvalue weighted by molar-refractivity contribution is 5.75. The van der Waals surface area contributed by atoms with Crippen molar-refractivity contribution in [1.82, 2.24) is 4.90 Å². The Bertz CT molecular complexity index is 867. The minimum atomic E-state index is 0.0296. The van der Waals surface area contributed by atoms with E-state index in [2.05, 4.69) is 61.4 Å². The molecule has 1 aromatic carbocycles. The summed E-state index contributed by atoms with van der Waals surface area (Å²) in [4.78, 5) is 17.9. The van der Waals surface area contributed by atoms with E-state index in [0.717, 1.165) is 45.4 Å². The summed E-state index contributed by atoms with van der Waals surface area (Å²) in [6.45, 7) is 15.2. The van der Waals surface area contributed by atoms with E-state index in [1.165, 1.54) is 29.7 Å². The third-order valence-electron chi connectivity index (χ3n) is 8.82. The molecule has 0 bridgehead atoms. The first kappa shape index (κ1) is 21.1. The first-order valence-electron chi connectivity index (χ1n) is 12.3. The van der Waals surface area contributed by atoms with Crippen LogP contribution in [0.2, 0.25) is 0 Å². The van der Waals surface area contributed by atoms with Gasteiger partial charge in [-0.05, 0) is 75.0 Å². The molecule has 4 aliphatic rings. The van der Waals surface area contributed by atoms with Crippen molar-refractivity contribution in [3.8, 4) is 0 Å². The molecule has 5 rings (SSSR count). The number of nitrogens with zero attached hydrogens (tertiary/aromatic N) is 2. The number of aryl methyl sites for hydroxylation is 1. The molecule has 0 radical (unpaired) electrons. The van der Waals surface area contributed by atoms with Gasteiger partial charge in [-0.3, -0.25) is 9.69 Å². The molecule has 2 aliphatic heterocycles. The van der Waals surface area contributed by atoms with Crippen molar-refractivity contribution < 1.29 is 9.53 Å². The fourth-order valence-corrected chi connectivity index (χ4v) is 7.13. The van der Waals surface area contributed by atoms with E-state index in [1.807, 2.05) is 0 Å². The molecule has 2 aliphatic carbocycles. The normalized spacial score (nSPS) is 38.5. The molecule has 2 saturated carbocycles. The summed E-state index contributed by atoms with van der Waals surface area (Å²) in [6.07, 6.45) is 5.89. The average Bonchev–Trinajstić information content (AvgIpc) is 3.00. The Morgan fingerprint density at radius 3 is 2.90 bits per heavy atom. The van der Waals surface area contributed by atoms with Crippen LogP contribution in [0.1, 0.15) is 51.5 Å². The topological polar surface area (TPSA) is 32.8 Å². The van der Waals surface area contributed by atoms with E-state index >= 15 is 0 Å². The number of anilines is 1. The van der Waals surface area contributed by atoms with Gasteiger partial charge in [0.15, 0.2) is 0 Å². The van der Waals surface area contributed by atoms with Crippen LogP contribution in [0.5, 0.6) is 0 Å². The molecule has 0 amide bonds. The number of carbonyl (C=O) groups is 1. The van der Waals surface area contributed by atoms with Gasteiger partial charge in [0.2, 0.25) is 0 Å². The first-order chi connectivity index (χ1) is 14.8. The predicted octanol–water partition coefficient (Wildman–Crippen LogP) is 4.82. The van der Waals surface area contributed by atoms with Crippen molar-refractivity contribution in [3.63, 3.8) is 0 Å². The van der Waals surface area contributed by atoms with Crippen LogP contribution in [0.25, 0.3) is 0 Å². The highest BCUT2D eigenvalue weighted by atomic mass is 16.6. The quantitative estimate of drug-likeness (QED) is 0.516. The Labute approximate surface area is 187 Å². The third kappa shape index (κ3) is 3.82. The fourth-order valence-electron chi connectivity index (χ4n) is 7.13. The van der Waals surface area contributed by atoms with Crippen molar-refractivity contribution in [2.24, 2.45) is 23.2 Å². The molecule has 1 aromatic rings. The van der Waals surface area contributed by atoms with Crippen LogP contribution in [0.15, 0.2) is 36.4 Å². The summed E-state index contributed by atoms with van der Waals surface area (Å²) < 4.78 is 5.99. The summed E-state index contributed by atoms with van der Waals surface area (Å²) in [5, 5.41) is 0. The second-order valence-corrected chi connectivity index (χ2v) is 11.0. The van der Waals surface area contributed by atoms with Crippen LogP contribution in [-0.2, 0) is 9.53 Å². The monoisotopic (exact) mass is 422 g/mol. The molecule has 4 fully saturated rings. The predicted molar refractivity (Wildman–Crippen MR) is 125 cm³/mol. The van der Waals surface area contributed by atoms with Crippen molar-refractivity contribution in [2.45, 2.75) is 65.0 Å². The highest BCUT2D eigenvalue weighted by Gasteiger charge is 2.55. The number of ether oxygens (including phenoxy) is 1. The lowest BCUT2D eigenvalue weighted by molar-refractivity contribution is -0.146. The summed E-state index contributed by atoms with van der Waals surface area (Å²) in [7, 11) is 0. The van der Waals surface area contributed by atoms with Crippen molar-refractivity contribution in [3.05, 3.63) is 42.0 Å². The zero-order chi connectivity index (χ0) is 21.8. The highest BCUT2D eigenvalue weighted by Crippen LogP contribution is 2.57. The number of rotatable bonds is 3. The van der Waals surface area contributed by atoms with Crippen LogP contribution in [0.3, 0.4) is 0 Å². The van der Waals surface area contributed by atoms with Gasteiger partial charge in [-0.2, -0.15) is 0 Å². The summed E-state index contributed by atoms with van der Waals surface area (Å²) in [6, 6.07) is 9.24. The molecule has 168 valence electrons. The molecular formula is C27H38N2O2. The van der Waals surface area contributed by atoms with Crippen LogP contribution in [0, 0.1) is 30.1 Å². The van der Waals surface area contributed by atoms with Crippen LogP contribution in [-0.4, -0.2) is 49.2 Å². The fraction of sp³-hybridized carbons (Fsp3) is 0.667. The van der Waals surface area contributed by atoms with Crippen LogP contribution < -0.4 is 4.90 Å². The maximum Gasteiger partial charge on any atom is 0.310 e. The number of esters is 1. The minimum absolute atomic E-state index is 0.0296. The van der Waals surface area contributed by atoms with Crippen molar-refractivity contribution in [1.29, 1.82) is 0 Å². The second kappa shape index (κ2) is 7.95. The molecular weight excluding hydrogens is 384 g/mol. The first-order valence-corrected chi connectivity index (χ1v) is 12.3. The molecule has 0 spiro atoms. The molecule has 2 heterocycles. The summed E-state index contributed by atoms with van der Waals surface area (Å²) >= 11 is 0. The van der Waals surface area contributed by atoms with Crippen molar-refractivity contribution >= 4 is 11.7 Å². The smallest absolute Gasteiger partial charge is 0.310 e. The van der Waals surface area contributed by atoms with E-state index in [1.54, 1.807) is 0 Å². The maximum atomic E-state index is 12.9. The van der Waals surface area contributed by atoms with E-state index in [4.69, 9.17) is 4.74 Å². The number of fused-ring (bicyclic) bond motifs is 2. The Morgan fingerprint density at radius 2 is 2.13 bits per heavy atom. The molecule has 31 heavy (non-hydrogen) atoms. The number of hydrogen-bond acceptors (Lipinski definition) is 4. The standard InChI is InChI=1S/C27H38N2O2/c1-18-7-5-9-21(13-18)29-12-11-28(16-20(29)3)17-23-22-14-24-19(2)8-6-10-27(24,4)15-25(22)31-26(23)30/h5,7,9,13,20,22-25H,2,6,8,10-12,14-17H2,1,3-4H3/t20-,22-,23-,24+,25-,27-/m1/s1.